The molecule has 0 radical (unpaired) electrons. The molecule has 4 aromatic carbocycles. The molecule has 0 aliphatic carbocycles. The first-order chi connectivity index (χ1) is 14.6. The van der Waals surface area contributed by atoms with Crippen LogP contribution in [0.2, 0.25) is 0 Å². The fourth-order valence-corrected chi connectivity index (χ4v) is 3.41. The molecule has 3 N–H and O–H groups in total. The van der Waals surface area contributed by atoms with Crippen molar-refractivity contribution in [3.05, 3.63) is 114 Å². The van der Waals surface area contributed by atoms with Crippen molar-refractivity contribution in [3.63, 3.8) is 0 Å². The Bertz CT molecular complexity index is 1170. The molecule has 0 heterocycles. The van der Waals surface area contributed by atoms with Gasteiger partial charge >= 0.3 is 0 Å². The molecule has 0 saturated heterocycles. The fourth-order valence-electron chi connectivity index (χ4n) is 3.41. The van der Waals surface area contributed by atoms with Gasteiger partial charge in [0, 0.05) is 10.9 Å². The number of carbonyl (C=O) groups is 1. The number of hydrogen-bond donors (Lipinski definition) is 3. The predicted molar refractivity (Wildman–Crippen MR) is 117 cm³/mol. The van der Waals surface area contributed by atoms with Crippen molar-refractivity contribution >= 4 is 22.9 Å². The highest BCUT2D eigenvalue weighted by Gasteiger charge is 2.39. The zero-order chi connectivity index (χ0) is 21.0. The van der Waals surface area contributed by atoms with Gasteiger partial charge in [-0.2, -0.15) is 5.10 Å². The smallest absolute Gasteiger partial charge is 0.281 e. The number of aromatic hydroxyl groups is 1. The van der Waals surface area contributed by atoms with E-state index in [1.165, 1.54) is 6.21 Å². The zero-order valence-corrected chi connectivity index (χ0v) is 16.1. The van der Waals surface area contributed by atoms with Crippen molar-refractivity contribution in [1.82, 2.24) is 5.43 Å². The van der Waals surface area contributed by atoms with Gasteiger partial charge in [-0.25, -0.2) is 5.43 Å². The molecule has 4 rings (SSSR count). The lowest BCUT2D eigenvalue weighted by Gasteiger charge is -2.27. The lowest BCUT2D eigenvalue weighted by atomic mass is 9.85. The molecule has 4 aromatic rings. The van der Waals surface area contributed by atoms with Crippen LogP contribution in [0.25, 0.3) is 10.8 Å². The molecule has 0 saturated carbocycles. The molecule has 1 amide bonds. The van der Waals surface area contributed by atoms with Crippen molar-refractivity contribution in [2.45, 2.75) is 5.60 Å². The maximum atomic E-state index is 13.0. The Kier molecular flexibility index (Phi) is 5.28. The Labute approximate surface area is 173 Å². The van der Waals surface area contributed by atoms with Crippen LogP contribution >= 0.6 is 0 Å². The summed E-state index contributed by atoms with van der Waals surface area (Å²) in [6.45, 7) is 0. The van der Waals surface area contributed by atoms with E-state index in [9.17, 15) is 15.0 Å². The minimum absolute atomic E-state index is 0.0764. The number of phenolic OH excluding ortho intramolecular Hbond substituents is 1. The van der Waals surface area contributed by atoms with Gasteiger partial charge in [0.15, 0.2) is 5.60 Å². The number of nitrogens with zero attached hydrogens (tertiary/aromatic N) is 1. The van der Waals surface area contributed by atoms with E-state index in [2.05, 4.69) is 10.5 Å². The van der Waals surface area contributed by atoms with E-state index in [4.69, 9.17) is 0 Å². The van der Waals surface area contributed by atoms with Crippen LogP contribution < -0.4 is 5.43 Å². The largest absolute Gasteiger partial charge is 0.507 e. The quantitative estimate of drug-likeness (QED) is 0.353. The topological polar surface area (TPSA) is 81.9 Å². The van der Waals surface area contributed by atoms with Gasteiger partial charge in [0.05, 0.1) is 6.21 Å². The number of fused-ring (bicyclic) bond motifs is 1. The molecule has 0 fully saturated rings. The average molecular weight is 396 g/mol. The van der Waals surface area contributed by atoms with Gasteiger partial charge in [-0.3, -0.25) is 4.79 Å². The highest BCUT2D eigenvalue weighted by molar-refractivity contribution is 5.97. The van der Waals surface area contributed by atoms with Crippen molar-refractivity contribution < 1.29 is 15.0 Å². The summed E-state index contributed by atoms with van der Waals surface area (Å²) >= 11 is 0. The molecular weight excluding hydrogens is 376 g/mol. The van der Waals surface area contributed by atoms with Gasteiger partial charge in [-0.1, -0.05) is 91.0 Å². The molecule has 5 nitrogen and oxygen atoms in total. The van der Waals surface area contributed by atoms with Crippen LogP contribution in [0.5, 0.6) is 5.75 Å². The van der Waals surface area contributed by atoms with Crippen LogP contribution in [0.1, 0.15) is 16.7 Å². The van der Waals surface area contributed by atoms with Gasteiger partial charge < -0.3 is 10.2 Å². The molecule has 0 aliphatic rings. The van der Waals surface area contributed by atoms with Crippen LogP contribution in [0, 0.1) is 0 Å². The lowest BCUT2D eigenvalue weighted by Crippen LogP contribution is -2.43. The minimum Gasteiger partial charge on any atom is -0.507 e. The number of aliphatic hydroxyl groups is 1. The van der Waals surface area contributed by atoms with Crippen molar-refractivity contribution in [3.8, 4) is 5.75 Å². The molecule has 0 bridgehead atoms. The van der Waals surface area contributed by atoms with E-state index in [-0.39, 0.29) is 5.75 Å². The SMILES string of the molecule is O=C(N/N=C/c1ccc2ccccc2c1O)C(O)(c1ccccc1)c1ccccc1. The number of nitrogens with one attached hydrogen (secondary N) is 1. The monoisotopic (exact) mass is 396 g/mol. The Morgan fingerprint density at radius 1 is 0.800 bits per heavy atom. The zero-order valence-electron chi connectivity index (χ0n) is 16.1. The van der Waals surface area contributed by atoms with Gasteiger partial charge in [0.25, 0.3) is 5.91 Å². The third kappa shape index (κ3) is 3.54. The third-order valence-electron chi connectivity index (χ3n) is 5.01. The first-order valence-electron chi connectivity index (χ1n) is 9.48. The Hall–Kier alpha value is -3.96. The van der Waals surface area contributed by atoms with Crippen molar-refractivity contribution in [2.24, 2.45) is 5.10 Å². The van der Waals surface area contributed by atoms with Gasteiger partial charge in [-0.05, 0) is 22.6 Å². The Morgan fingerprint density at radius 2 is 1.37 bits per heavy atom. The number of phenols is 1. The summed E-state index contributed by atoms with van der Waals surface area (Å²) in [5.41, 5.74) is 1.81. The van der Waals surface area contributed by atoms with Crippen molar-refractivity contribution in [1.29, 1.82) is 0 Å². The lowest BCUT2D eigenvalue weighted by molar-refractivity contribution is -0.136. The highest BCUT2D eigenvalue weighted by Crippen LogP contribution is 2.30. The molecule has 0 atom stereocenters. The molecule has 0 aromatic heterocycles. The summed E-state index contributed by atoms with van der Waals surface area (Å²) in [6.07, 6.45) is 1.36. The Morgan fingerprint density at radius 3 is 2.00 bits per heavy atom. The molecule has 148 valence electrons. The summed E-state index contributed by atoms with van der Waals surface area (Å²) in [5.74, 6) is -0.621. The highest BCUT2D eigenvalue weighted by atomic mass is 16.3. The number of rotatable bonds is 5. The van der Waals surface area contributed by atoms with Gasteiger partial charge in [-0.15, -0.1) is 0 Å². The maximum Gasteiger partial charge on any atom is 0.281 e. The van der Waals surface area contributed by atoms with E-state index < -0.39 is 11.5 Å². The molecule has 0 aliphatic heterocycles. The molecule has 0 spiro atoms. The van der Waals surface area contributed by atoms with E-state index in [0.29, 0.717) is 22.1 Å². The normalized spacial score (nSPS) is 11.6. The summed E-state index contributed by atoms with van der Waals surface area (Å²) in [4.78, 5) is 13.0. The number of benzene rings is 4. The van der Waals surface area contributed by atoms with Crippen LogP contribution in [0.4, 0.5) is 0 Å². The molecule has 5 heteroatoms. The van der Waals surface area contributed by atoms with E-state index in [1.54, 1.807) is 54.6 Å². The van der Waals surface area contributed by atoms with Gasteiger partial charge in [0.1, 0.15) is 5.75 Å². The second kappa shape index (κ2) is 8.19. The van der Waals surface area contributed by atoms with Crippen LogP contribution in [0.3, 0.4) is 0 Å². The second-order valence-electron chi connectivity index (χ2n) is 6.87. The molecule has 30 heavy (non-hydrogen) atoms. The standard InChI is InChI=1S/C25H20N2O3/c28-23-19(16-15-18-9-7-8-14-22(18)23)17-26-27-24(29)25(30,20-10-3-1-4-11-20)21-12-5-2-6-13-21/h1-17,28,30H,(H,27,29)/b26-17+. The second-order valence-corrected chi connectivity index (χ2v) is 6.87. The van der Waals surface area contributed by atoms with E-state index in [0.717, 1.165) is 5.39 Å². The number of amides is 1. The minimum atomic E-state index is -1.91. The first-order valence-corrected chi connectivity index (χ1v) is 9.48. The van der Waals surface area contributed by atoms with Crippen LogP contribution in [-0.4, -0.2) is 22.3 Å². The predicted octanol–water partition coefficient (Wildman–Crippen LogP) is 3.93. The summed E-state index contributed by atoms with van der Waals surface area (Å²) in [5, 5.41) is 27.4. The molecule has 0 unspecified atom stereocenters. The fraction of sp³-hybridized carbons (Fsp3) is 0.0400. The van der Waals surface area contributed by atoms with Crippen LogP contribution in [-0.2, 0) is 10.4 Å². The van der Waals surface area contributed by atoms with E-state index in [1.807, 2.05) is 42.5 Å². The Balaban J connectivity index is 1.63. The third-order valence-corrected chi connectivity index (χ3v) is 5.01. The summed E-state index contributed by atoms with van der Waals surface area (Å²) < 4.78 is 0. The maximum absolute atomic E-state index is 13.0. The van der Waals surface area contributed by atoms with Crippen molar-refractivity contribution in [2.75, 3.05) is 0 Å². The average Bonchev–Trinajstić information content (AvgIpc) is 2.81. The summed E-state index contributed by atoms with van der Waals surface area (Å²) in [6, 6.07) is 28.4. The van der Waals surface area contributed by atoms with Crippen LogP contribution in [0.15, 0.2) is 102 Å². The first kappa shape index (κ1) is 19.4. The molecular formula is C25H20N2O3. The number of hydrogen-bond acceptors (Lipinski definition) is 4. The number of hydrazone groups is 1. The summed E-state index contributed by atoms with van der Waals surface area (Å²) in [7, 11) is 0. The van der Waals surface area contributed by atoms with Gasteiger partial charge in [0.2, 0.25) is 0 Å². The number of carbonyl (C=O) groups excluding carboxylic acids is 1. The van der Waals surface area contributed by atoms with E-state index >= 15 is 0 Å².